The second kappa shape index (κ2) is 9.50. The lowest BCUT2D eigenvalue weighted by molar-refractivity contribution is -0.121. The van der Waals surface area contributed by atoms with Gasteiger partial charge in [0.05, 0.1) is 0 Å². The molecule has 2 aromatic carbocycles. The normalized spacial score (nSPS) is 10.3. The summed E-state index contributed by atoms with van der Waals surface area (Å²) in [6.45, 7) is 2.23. The number of amides is 3. The van der Waals surface area contributed by atoms with Gasteiger partial charge in [-0.3, -0.25) is 4.79 Å². The van der Waals surface area contributed by atoms with Gasteiger partial charge in [-0.2, -0.15) is 0 Å². The highest BCUT2D eigenvalue weighted by molar-refractivity contribution is 5.84. The highest BCUT2D eigenvalue weighted by atomic mass is 19.1. The Morgan fingerprint density at radius 3 is 2.31 bits per heavy atom. The quantitative estimate of drug-likeness (QED) is 0.797. The first kappa shape index (κ1) is 19.4. The van der Waals surface area contributed by atoms with Crippen molar-refractivity contribution in [2.75, 3.05) is 13.1 Å². The minimum atomic E-state index is -0.451. The van der Waals surface area contributed by atoms with Crippen molar-refractivity contribution in [3.8, 4) is 0 Å². The molecule has 2 aromatic rings. The van der Waals surface area contributed by atoms with Gasteiger partial charge in [0.15, 0.2) is 0 Å². The molecule has 0 unspecified atom stereocenters. The topological polar surface area (TPSA) is 61.4 Å². The molecule has 2 N–H and O–H groups in total. The SMILES string of the molecule is CCN(CC(=O)NCc1ccc(F)cc1)C(=O)NCc1ccccc1F. The van der Waals surface area contributed by atoms with Crippen molar-refractivity contribution in [3.05, 3.63) is 71.3 Å². The first-order valence-corrected chi connectivity index (χ1v) is 8.27. The monoisotopic (exact) mass is 361 g/mol. The van der Waals surface area contributed by atoms with E-state index in [1.807, 2.05) is 0 Å². The maximum Gasteiger partial charge on any atom is 0.318 e. The van der Waals surface area contributed by atoms with E-state index < -0.39 is 11.8 Å². The minimum absolute atomic E-state index is 0.0409. The molecular weight excluding hydrogens is 340 g/mol. The number of urea groups is 1. The van der Waals surface area contributed by atoms with Crippen LogP contribution in [0.4, 0.5) is 13.6 Å². The zero-order valence-corrected chi connectivity index (χ0v) is 14.5. The zero-order chi connectivity index (χ0) is 18.9. The minimum Gasteiger partial charge on any atom is -0.350 e. The van der Waals surface area contributed by atoms with Gasteiger partial charge in [-0.15, -0.1) is 0 Å². The number of benzene rings is 2. The molecular formula is C19H21F2N3O2. The van der Waals surface area contributed by atoms with Crippen LogP contribution >= 0.6 is 0 Å². The van der Waals surface area contributed by atoms with Gasteiger partial charge in [0.2, 0.25) is 5.91 Å². The molecule has 0 aliphatic carbocycles. The van der Waals surface area contributed by atoms with Crippen molar-refractivity contribution in [1.29, 1.82) is 0 Å². The number of rotatable bonds is 7. The first-order chi connectivity index (χ1) is 12.5. The second-order valence-corrected chi connectivity index (χ2v) is 5.67. The van der Waals surface area contributed by atoms with E-state index in [0.717, 1.165) is 5.56 Å². The van der Waals surface area contributed by atoms with Crippen molar-refractivity contribution < 1.29 is 18.4 Å². The Balaban J connectivity index is 1.81. The van der Waals surface area contributed by atoms with E-state index in [2.05, 4.69) is 10.6 Å². The molecule has 0 bridgehead atoms. The maximum absolute atomic E-state index is 13.6. The van der Waals surface area contributed by atoms with E-state index in [1.54, 1.807) is 37.3 Å². The summed E-state index contributed by atoms with van der Waals surface area (Å²) >= 11 is 0. The van der Waals surface area contributed by atoms with E-state index in [4.69, 9.17) is 0 Å². The number of hydrogen-bond donors (Lipinski definition) is 2. The average Bonchev–Trinajstić information content (AvgIpc) is 2.64. The van der Waals surface area contributed by atoms with Crippen molar-refractivity contribution in [2.45, 2.75) is 20.0 Å². The number of nitrogens with one attached hydrogen (secondary N) is 2. The number of carbonyl (C=O) groups excluding carboxylic acids is 2. The molecule has 0 atom stereocenters. The van der Waals surface area contributed by atoms with Crippen LogP contribution in [-0.4, -0.2) is 29.9 Å². The average molecular weight is 361 g/mol. The molecule has 0 aliphatic rings. The van der Waals surface area contributed by atoms with Crippen LogP contribution in [0.3, 0.4) is 0 Å². The van der Waals surface area contributed by atoms with Crippen molar-refractivity contribution >= 4 is 11.9 Å². The summed E-state index contributed by atoms with van der Waals surface area (Å²) in [5.41, 5.74) is 1.13. The van der Waals surface area contributed by atoms with Gasteiger partial charge in [0.25, 0.3) is 0 Å². The summed E-state index contributed by atoms with van der Waals surface area (Å²) in [4.78, 5) is 25.5. The van der Waals surface area contributed by atoms with Gasteiger partial charge in [0, 0.05) is 25.2 Å². The maximum atomic E-state index is 13.6. The van der Waals surface area contributed by atoms with Crippen LogP contribution in [-0.2, 0) is 17.9 Å². The van der Waals surface area contributed by atoms with Gasteiger partial charge < -0.3 is 15.5 Å². The highest BCUT2D eigenvalue weighted by Crippen LogP contribution is 2.06. The number of carbonyl (C=O) groups is 2. The molecule has 0 radical (unpaired) electrons. The number of likely N-dealkylation sites (N-methyl/N-ethyl adjacent to an activating group) is 1. The van der Waals surface area contributed by atoms with Crippen LogP contribution in [0.2, 0.25) is 0 Å². The fourth-order valence-electron chi connectivity index (χ4n) is 2.28. The summed E-state index contributed by atoms with van der Waals surface area (Å²) in [7, 11) is 0. The summed E-state index contributed by atoms with van der Waals surface area (Å²) in [5.74, 6) is -1.08. The number of nitrogens with zero attached hydrogens (tertiary/aromatic N) is 1. The Morgan fingerprint density at radius 2 is 1.65 bits per heavy atom. The van der Waals surface area contributed by atoms with Crippen LogP contribution in [0.15, 0.2) is 48.5 Å². The van der Waals surface area contributed by atoms with E-state index >= 15 is 0 Å². The molecule has 5 nitrogen and oxygen atoms in total. The van der Waals surface area contributed by atoms with Crippen LogP contribution in [0.25, 0.3) is 0 Å². The van der Waals surface area contributed by atoms with Crippen LogP contribution in [0.1, 0.15) is 18.1 Å². The van der Waals surface area contributed by atoms with Crippen LogP contribution in [0.5, 0.6) is 0 Å². The molecule has 0 saturated carbocycles. The molecule has 138 valence electrons. The first-order valence-electron chi connectivity index (χ1n) is 8.27. The summed E-state index contributed by atoms with van der Waals surface area (Å²) in [6.07, 6.45) is 0. The molecule has 7 heteroatoms. The summed E-state index contributed by atoms with van der Waals surface area (Å²) in [5, 5.41) is 5.28. The zero-order valence-electron chi connectivity index (χ0n) is 14.5. The molecule has 0 heterocycles. The Kier molecular flexibility index (Phi) is 7.08. The van der Waals surface area contributed by atoms with Gasteiger partial charge in [-0.05, 0) is 30.7 Å². The molecule has 0 fully saturated rings. The lowest BCUT2D eigenvalue weighted by atomic mass is 10.2. The Labute approximate surface area is 151 Å². The van der Waals surface area contributed by atoms with Crippen molar-refractivity contribution in [2.24, 2.45) is 0 Å². The molecule has 0 spiro atoms. The third-order valence-corrected chi connectivity index (χ3v) is 3.79. The van der Waals surface area contributed by atoms with Gasteiger partial charge in [-0.1, -0.05) is 30.3 Å². The predicted octanol–water partition coefficient (Wildman–Crippen LogP) is 2.81. The molecule has 0 aliphatic heterocycles. The fraction of sp³-hybridized carbons (Fsp3) is 0.263. The van der Waals surface area contributed by atoms with Gasteiger partial charge in [-0.25, -0.2) is 13.6 Å². The molecule has 26 heavy (non-hydrogen) atoms. The third-order valence-electron chi connectivity index (χ3n) is 3.79. The predicted molar refractivity (Wildman–Crippen MR) is 94.1 cm³/mol. The van der Waals surface area contributed by atoms with E-state index in [1.165, 1.54) is 23.1 Å². The lowest BCUT2D eigenvalue weighted by Gasteiger charge is -2.21. The highest BCUT2D eigenvalue weighted by Gasteiger charge is 2.15. The van der Waals surface area contributed by atoms with Crippen LogP contribution in [0, 0.1) is 11.6 Å². The van der Waals surface area contributed by atoms with Gasteiger partial charge in [0.1, 0.15) is 18.2 Å². The lowest BCUT2D eigenvalue weighted by Crippen LogP contribution is -2.45. The standard InChI is InChI=1S/C19H21F2N3O2/c1-2-24(19(26)23-12-15-5-3-4-6-17(15)21)13-18(25)22-11-14-7-9-16(20)10-8-14/h3-10H,2,11-13H2,1H3,(H,22,25)(H,23,26). The Morgan fingerprint density at radius 1 is 0.962 bits per heavy atom. The number of hydrogen-bond acceptors (Lipinski definition) is 2. The van der Waals surface area contributed by atoms with E-state index in [9.17, 15) is 18.4 Å². The van der Waals surface area contributed by atoms with E-state index in [-0.39, 0.29) is 31.4 Å². The largest absolute Gasteiger partial charge is 0.350 e. The number of halogens is 2. The summed E-state index contributed by atoms with van der Waals surface area (Å²) in [6, 6.07) is 11.5. The molecule has 2 rings (SSSR count). The molecule has 3 amide bonds. The van der Waals surface area contributed by atoms with Gasteiger partial charge >= 0.3 is 6.03 Å². The van der Waals surface area contributed by atoms with Crippen molar-refractivity contribution in [1.82, 2.24) is 15.5 Å². The molecule has 0 saturated heterocycles. The van der Waals surface area contributed by atoms with Crippen LogP contribution < -0.4 is 10.6 Å². The smallest absolute Gasteiger partial charge is 0.318 e. The third kappa shape index (κ3) is 5.84. The Hall–Kier alpha value is -2.96. The van der Waals surface area contributed by atoms with Crippen molar-refractivity contribution in [3.63, 3.8) is 0 Å². The second-order valence-electron chi connectivity index (χ2n) is 5.67. The fourth-order valence-corrected chi connectivity index (χ4v) is 2.28. The molecule has 0 aromatic heterocycles. The Bertz CT molecular complexity index is 751. The van der Waals surface area contributed by atoms with E-state index in [0.29, 0.717) is 12.1 Å². The summed E-state index contributed by atoms with van der Waals surface area (Å²) < 4.78 is 26.4.